The van der Waals surface area contributed by atoms with Crippen LogP contribution in [-0.2, 0) is 6.54 Å². The van der Waals surface area contributed by atoms with Gasteiger partial charge in [-0.2, -0.15) is 4.98 Å². The zero-order valence-electron chi connectivity index (χ0n) is 11.4. The minimum atomic E-state index is -0.226. The van der Waals surface area contributed by atoms with Crippen molar-refractivity contribution in [2.45, 2.75) is 13.5 Å². The molecule has 2 N–H and O–H groups in total. The van der Waals surface area contributed by atoms with E-state index in [0.717, 1.165) is 5.69 Å². The predicted molar refractivity (Wildman–Crippen MR) is 79.2 cm³/mol. The Balaban J connectivity index is 2.07. The van der Waals surface area contributed by atoms with E-state index in [9.17, 15) is 4.39 Å². The fourth-order valence-electron chi connectivity index (χ4n) is 1.73. The van der Waals surface area contributed by atoms with Crippen LogP contribution in [0.25, 0.3) is 0 Å². The number of aryl methyl sites for hydroxylation is 1. The second-order valence-electron chi connectivity index (χ2n) is 4.33. The van der Waals surface area contributed by atoms with Crippen LogP contribution in [0.1, 0.15) is 11.3 Å². The van der Waals surface area contributed by atoms with Crippen molar-refractivity contribution in [3.8, 4) is 0 Å². The first-order valence-corrected chi connectivity index (χ1v) is 6.37. The number of benzene rings is 1. The Morgan fingerprint density at radius 3 is 2.80 bits per heavy atom. The molecule has 0 amide bonds. The van der Waals surface area contributed by atoms with E-state index in [-0.39, 0.29) is 5.82 Å². The minimum absolute atomic E-state index is 0.226. The molecule has 5 heteroatoms. The maximum atomic E-state index is 13.5. The number of hydrogen-bond acceptors (Lipinski definition) is 4. The highest BCUT2D eigenvalue weighted by Gasteiger charge is 2.03. The van der Waals surface area contributed by atoms with E-state index >= 15 is 0 Å². The van der Waals surface area contributed by atoms with Crippen LogP contribution in [0.5, 0.6) is 0 Å². The molecule has 104 valence electrons. The number of rotatable bonds is 6. The number of nitrogens with zero attached hydrogens (tertiary/aromatic N) is 2. The third-order valence-electron chi connectivity index (χ3n) is 2.68. The summed E-state index contributed by atoms with van der Waals surface area (Å²) >= 11 is 0. The van der Waals surface area contributed by atoms with Gasteiger partial charge in [-0.25, -0.2) is 9.37 Å². The van der Waals surface area contributed by atoms with Crippen LogP contribution in [-0.4, -0.2) is 16.5 Å². The molecule has 2 aromatic rings. The molecule has 0 aliphatic carbocycles. The van der Waals surface area contributed by atoms with Crippen LogP contribution in [0.4, 0.5) is 16.2 Å². The van der Waals surface area contributed by atoms with Crippen molar-refractivity contribution in [3.63, 3.8) is 0 Å². The van der Waals surface area contributed by atoms with Crippen molar-refractivity contribution in [2.24, 2.45) is 0 Å². The van der Waals surface area contributed by atoms with Crippen LogP contribution in [0, 0.1) is 12.7 Å². The summed E-state index contributed by atoms with van der Waals surface area (Å²) in [5.41, 5.74) is 1.44. The summed E-state index contributed by atoms with van der Waals surface area (Å²) in [6.07, 6.45) is 1.73. The van der Waals surface area contributed by atoms with Gasteiger partial charge in [-0.1, -0.05) is 24.3 Å². The molecule has 0 unspecified atom stereocenters. The van der Waals surface area contributed by atoms with Gasteiger partial charge >= 0.3 is 0 Å². The van der Waals surface area contributed by atoms with E-state index < -0.39 is 0 Å². The Kier molecular flexibility index (Phi) is 4.65. The summed E-state index contributed by atoms with van der Waals surface area (Å²) < 4.78 is 13.5. The number of anilines is 2. The van der Waals surface area contributed by atoms with E-state index in [0.29, 0.717) is 30.4 Å². The third-order valence-corrected chi connectivity index (χ3v) is 2.68. The lowest BCUT2D eigenvalue weighted by atomic mass is 10.2. The van der Waals surface area contributed by atoms with Gasteiger partial charge in [0.15, 0.2) is 0 Å². The van der Waals surface area contributed by atoms with Crippen LogP contribution < -0.4 is 10.6 Å². The summed E-state index contributed by atoms with van der Waals surface area (Å²) in [7, 11) is 0. The molecular formula is C15H17FN4. The first kappa shape index (κ1) is 14.0. The molecule has 0 spiro atoms. The van der Waals surface area contributed by atoms with Gasteiger partial charge in [0.1, 0.15) is 11.6 Å². The van der Waals surface area contributed by atoms with Gasteiger partial charge in [-0.3, -0.25) is 0 Å². The van der Waals surface area contributed by atoms with Crippen molar-refractivity contribution in [3.05, 3.63) is 60.1 Å². The van der Waals surface area contributed by atoms with E-state index in [1.165, 1.54) is 6.07 Å². The van der Waals surface area contributed by atoms with E-state index in [1.807, 2.05) is 19.1 Å². The lowest BCUT2D eigenvalue weighted by molar-refractivity contribution is 0.613. The Hall–Kier alpha value is -2.43. The molecule has 0 aliphatic heterocycles. The van der Waals surface area contributed by atoms with Gasteiger partial charge in [0.2, 0.25) is 5.95 Å². The molecule has 4 nitrogen and oxygen atoms in total. The standard InChI is InChI=1S/C15H17FN4/c1-3-8-17-15-19-11(2)9-14(20-15)18-10-12-6-4-5-7-13(12)16/h3-7,9H,1,8,10H2,2H3,(H2,17,18,19,20). The fourth-order valence-corrected chi connectivity index (χ4v) is 1.73. The molecule has 1 aromatic carbocycles. The quantitative estimate of drug-likeness (QED) is 0.793. The zero-order chi connectivity index (χ0) is 14.4. The van der Waals surface area contributed by atoms with Gasteiger partial charge < -0.3 is 10.6 Å². The van der Waals surface area contributed by atoms with Crippen LogP contribution >= 0.6 is 0 Å². The molecule has 0 saturated carbocycles. The van der Waals surface area contributed by atoms with Crippen LogP contribution in [0.15, 0.2) is 43.0 Å². The molecule has 1 aromatic heterocycles. The molecule has 2 rings (SSSR count). The van der Waals surface area contributed by atoms with Crippen molar-refractivity contribution in [1.29, 1.82) is 0 Å². The third kappa shape index (κ3) is 3.78. The highest BCUT2D eigenvalue weighted by atomic mass is 19.1. The zero-order valence-corrected chi connectivity index (χ0v) is 11.4. The molecule has 0 fully saturated rings. The molecule has 0 saturated heterocycles. The van der Waals surface area contributed by atoms with Crippen molar-refractivity contribution in [1.82, 2.24) is 9.97 Å². The Labute approximate surface area is 117 Å². The number of hydrogen-bond donors (Lipinski definition) is 2. The minimum Gasteiger partial charge on any atom is -0.366 e. The Bertz CT molecular complexity index is 598. The summed E-state index contributed by atoms with van der Waals surface area (Å²) in [6.45, 7) is 6.49. The molecular weight excluding hydrogens is 255 g/mol. The molecule has 0 aliphatic rings. The monoisotopic (exact) mass is 272 g/mol. The highest BCUT2D eigenvalue weighted by Crippen LogP contribution is 2.12. The second-order valence-corrected chi connectivity index (χ2v) is 4.33. The molecule has 0 radical (unpaired) electrons. The van der Waals surface area contributed by atoms with E-state index in [4.69, 9.17) is 0 Å². The molecule has 0 atom stereocenters. The first-order valence-electron chi connectivity index (χ1n) is 6.37. The maximum absolute atomic E-state index is 13.5. The van der Waals surface area contributed by atoms with Gasteiger partial charge in [-0.15, -0.1) is 6.58 Å². The molecule has 0 bridgehead atoms. The van der Waals surface area contributed by atoms with Crippen LogP contribution in [0.3, 0.4) is 0 Å². The largest absolute Gasteiger partial charge is 0.366 e. The van der Waals surface area contributed by atoms with Gasteiger partial charge in [-0.05, 0) is 13.0 Å². The number of nitrogens with one attached hydrogen (secondary N) is 2. The lowest BCUT2D eigenvalue weighted by Crippen LogP contribution is -2.08. The average molecular weight is 272 g/mol. The maximum Gasteiger partial charge on any atom is 0.225 e. The van der Waals surface area contributed by atoms with Crippen LogP contribution in [0.2, 0.25) is 0 Å². The van der Waals surface area contributed by atoms with Crippen molar-refractivity contribution >= 4 is 11.8 Å². The van der Waals surface area contributed by atoms with Gasteiger partial charge in [0, 0.05) is 30.4 Å². The summed E-state index contributed by atoms with van der Waals surface area (Å²) in [6, 6.07) is 8.49. The van der Waals surface area contributed by atoms with Crippen molar-refractivity contribution < 1.29 is 4.39 Å². The van der Waals surface area contributed by atoms with Crippen molar-refractivity contribution in [2.75, 3.05) is 17.2 Å². The molecule has 1 heterocycles. The summed E-state index contributed by atoms with van der Waals surface area (Å²) in [4.78, 5) is 8.57. The molecule has 20 heavy (non-hydrogen) atoms. The van der Waals surface area contributed by atoms with E-state index in [1.54, 1.807) is 18.2 Å². The summed E-state index contributed by atoms with van der Waals surface area (Å²) in [5.74, 6) is 0.962. The fraction of sp³-hybridized carbons (Fsp3) is 0.200. The smallest absolute Gasteiger partial charge is 0.225 e. The predicted octanol–water partition coefficient (Wildman–Crippen LogP) is 3.13. The normalized spacial score (nSPS) is 10.1. The topological polar surface area (TPSA) is 49.8 Å². The van der Waals surface area contributed by atoms with Gasteiger partial charge in [0.25, 0.3) is 0 Å². The SMILES string of the molecule is C=CCNc1nc(C)cc(NCc2ccccc2F)n1. The van der Waals surface area contributed by atoms with E-state index in [2.05, 4.69) is 27.2 Å². The number of halogens is 1. The first-order chi connectivity index (χ1) is 9.69. The number of aromatic nitrogens is 2. The van der Waals surface area contributed by atoms with Gasteiger partial charge in [0.05, 0.1) is 0 Å². The highest BCUT2D eigenvalue weighted by molar-refractivity contribution is 5.43. The Morgan fingerprint density at radius 2 is 2.05 bits per heavy atom. The summed E-state index contributed by atoms with van der Waals surface area (Å²) in [5, 5.41) is 6.13. The second kappa shape index (κ2) is 6.65. The lowest BCUT2D eigenvalue weighted by Gasteiger charge is -2.09. The Morgan fingerprint density at radius 1 is 1.25 bits per heavy atom. The average Bonchev–Trinajstić information content (AvgIpc) is 2.44.